The molecule has 3 nitrogen and oxygen atoms in total. The first kappa shape index (κ1) is 12.8. The smallest absolute Gasteiger partial charge is 0.0925 e. The highest BCUT2D eigenvalue weighted by atomic mass is 15.2. The van der Waals surface area contributed by atoms with Crippen molar-refractivity contribution in [3.8, 4) is 0 Å². The number of hydrogen-bond acceptors (Lipinski definition) is 2. The average Bonchev–Trinajstić information content (AvgIpc) is 2.83. The summed E-state index contributed by atoms with van der Waals surface area (Å²) in [6, 6.07) is 11.0. The summed E-state index contributed by atoms with van der Waals surface area (Å²) in [5.41, 5.74) is 3.90. The zero-order chi connectivity index (χ0) is 11.7. The molecule has 0 amide bonds. The highest BCUT2D eigenvalue weighted by Gasteiger charge is 2.25. The maximum Gasteiger partial charge on any atom is 0.0925 e. The van der Waals surface area contributed by atoms with Crippen LogP contribution in [-0.4, -0.2) is 21.4 Å². The lowest BCUT2D eigenvalue weighted by Crippen LogP contribution is -2.33. The van der Waals surface area contributed by atoms with Crippen LogP contribution in [0.2, 0.25) is 0 Å². The molecule has 0 radical (unpaired) electrons. The summed E-state index contributed by atoms with van der Waals surface area (Å²) in [5.74, 6) is 0. The monoisotopic (exact) mass is 243 g/mol. The first-order chi connectivity index (χ1) is 8.34. The second-order valence-corrected chi connectivity index (χ2v) is 4.65. The number of nitrogens with zero attached hydrogens (tertiary/aromatic N) is 2. The van der Waals surface area contributed by atoms with Crippen molar-refractivity contribution in [2.75, 3.05) is 6.54 Å². The Labute approximate surface area is 109 Å². The molecule has 1 N–H and O–H groups in total. The number of nitrogens with one attached hydrogen (secondary N) is 1. The maximum atomic E-state index is 4.43. The van der Waals surface area contributed by atoms with Crippen molar-refractivity contribution in [3.63, 3.8) is 0 Å². The number of aromatic amines is 1. The van der Waals surface area contributed by atoms with Gasteiger partial charge in [-0.25, -0.2) is 4.98 Å². The Morgan fingerprint density at radius 1 is 1.33 bits per heavy atom. The van der Waals surface area contributed by atoms with Gasteiger partial charge in [0.05, 0.1) is 18.1 Å². The maximum absolute atomic E-state index is 4.43. The number of H-pyrrole nitrogens is 1. The third kappa shape index (κ3) is 2.31. The number of benzene rings is 1. The first-order valence-electron chi connectivity index (χ1n) is 6.14. The van der Waals surface area contributed by atoms with Crippen molar-refractivity contribution < 1.29 is 0 Å². The van der Waals surface area contributed by atoms with Gasteiger partial charge in [0, 0.05) is 25.2 Å². The molecule has 0 saturated heterocycles. The average molecular weight is 243 g/mol. The van der Waals surface area contributed by atoms with Crippen LogP contribution >= 0.6 is 0 Å². The molecule has 96 valence electrons. The third-order valence-electron chi connectivity index (χ3n) is 3.57. The van der Waals surface area contributed by atoms with E-state index in [4.69, 9.17) is 0 Å². The van der Waals surface area contributed by atoms with Crippen LogP contribution in [0.25, 0.3) is 0 Å². The minimum Gasteiger partial charge on any atom is -0.348 e. The normalized spacial score (nSPS) is 19.1. The Balaban J connectivity index is 0.00000120. The summed E-state index contributed by atoms with van der Waals surface area (Å²) in [6.45, 7) is 4.35. The second-order valence-electron chi connectivity index (χ2n) is 4.65. The Morgan fingerprint density at radius 2 is 2.11 bits per heavy atom. The van der Waals surface area contributed by atoms with Crippen molar-refractivity contribution in [3.05, 3.63) is 53.6 Å². The molecular formula is C15H21N3. The zero-order valence-electron chi connectivity index (χ0n) is 10.1. The molecule has 1 aromatic heterocycles. The van der Waals surface area contributed by atoms with Crippen LogP contribution in [0, 0.1) is 0 Å². The van der Waals surface area contributed by atoms with Crippen LogP contribution in [0.4, 0.5) is 0 Å². The van der Waals surface area contributed by atoms with Crippen molar-refractivity contribution in [1.82, 2.24) is 14.9 Å². The summed E-state index contributed by atoms with van der Waals surface area (Å²) in [7, 11) is 0. The Kier molecular flexibility index (Phi) is 3.82. The van der Waals surface area contributed by atoms with Gasteiger partial charge in [-0.05, 0) is 12.5 Å². The second kappa shape index (κ2) is 5.36. The lowest BCUT2D eigenvalue weighted by molar-refractivity contribution is 0.185. The third-order valence-corrected chi connectivity index (χ3v) is 3.57. The number of aromatic nitrogens is 2. The summed E-state index contributed by atoms with van der Waals surface area (Å²) in [4.78, 5) is 10.2. The minimum absolute atomic E-state index is 0. The fraction of sp³-hybridized carbons (Fsp3) is 0.400. The van der Waals surface area contributed by atoms with Gasteiger partial charge in [-0.1, -0.05) is 37.8 Å². The van der Waals surface area contributed by atoms with Gasteiger partial charge >= 0.3 is 0 Å². The molecule has 0 bridgehead atoms. The molecule has 1 aliphatic heterocycles. The van der Waals surface area contributed by atoms with E-state index in [0.717, 1.165) is 19.5 Å². The van der Waals surface area contributed by atoms with Gasteiger partial charge in [0.15, 0.2) is 0 Å². The molecule has 0 spiro atoms. The molecule has 2 aromatic rings. The van der Waals surface area contributed by atoms with Gasteiger partial charge in [-0.3, -0.25) is 4.90 Å². The van der Waals surface area contributed by atoms with Crippen molar-refractivity contribution in [2.45, 2.75) is 33.4 Å². The molecule has 1 atom stereocenters. The number of fused-ring (bicyclic) bond motifs is 1. The molecule has 0 saturated carbocycles. The van der Waals surface area contributed by atoms with Crippen LogP contribution in [0.3, 0.4) is 0 Å². The summed E-state index contributed by atoms with van der Waals surface area (Å²) in [6.07, 6.45) is 2.89. The van der Waals surface area contributed by atoms with Crippen molar-refractivity contribution in [1.29, 1.82) is 0 Å². The fourth-order valence-corrected chi connectivity index (χ4v) is 2.55. The van der Waals surface area contributed by atoms with Crippen molar-refractivity contribution in [2.24, 2.45) is 0 Å². The highest BCUT2D eigenvalue weighted by molar-refractivity contribution is 5.20. The Hall–Kier alpha value is -1.61. The summed E-state index contributed by atoms with van der Waals surface area (Å²) < 4.78 is 0. The van der Waals surface area contributed by atoms with Crippen LogP contribution < -0.4 is 0 Å². The molecule has 1 aliphatic rings. The minimum atomic E-state index is 0. The van der Waals surface area contributed by atoms with Gasteiger partial charge in [0.25, 0.3) is 0 Å². The predicted molar refractivity (Wildman–Crippen MR) is 74.3 cm³/mol. The number of hydrogen-bond donors (Lipinski definition) is 1. The topological polar surface area (TPSA) is 31.9 Å². The van der Waals surface area contributed by atoms with E-state index < -0.39 is 0 Å². The molecule has 2 heterocycles. The van der Waals surface area contributed by atoms with E-state index in [1.54, 1.807) is 0 Å². The SMILES string of the molecule is C.C[C@H]1c2nc[nH]c2CCN1Cc1ccccc1. The first-order valence-corrected chi connectivity index (χ1v) is 6.14. The van der Waals surface area contributed by atoms with Crippen LogP contribution in [0.5, 0.6) is 0 Å². The molecule has 18 heavy (non-hydrogen) atoms. The van der Waals surface area contributed by atoms with E-state index in [2.05, 4.69) is 52.1 Å². The Morgan fingerprint density at radius 3 is 2.89 bits per heavy atom. The van der Waals surface area contributed by atoms with Crippen molar-refractivity contribution >= 4 is 0 Å². The fourth-order valence-electron chi connectivity index (χ4n) is 2.55. The largest absolute Gasteiger partial charge is 0.348 e. The van der Waals surface area contributed by atoms with Crippen LogP contribution in [0.1, 0.15) is 37.3 Å². The molecule has 0 unspecified atom stereocenters. The number of imidazole rings is 1. The molecule has 1 aromatic carbocycles. The predicted octanol–water partition coefficient (Wildman–Crippen LogP) is 3.17. The van der Waals surface area contributed by atoms with Crippen LogP contribution in [0.15, 0.2) is 36.7 Å². The lowest BCUT2D eigenvalue weighted by atomic mass is 10.0. The summed E-state index contributed by atoms with van der Waals surface area (Å²) >= 11 is 0. The molecule has 0 fully saturated rings. The standard InChI is InChI=1S/C14H17N3.CH4/c1-11-14-13(15-10-16-14)7-8-17(11)9-12-5-3-2-4-6-12;/h2-6,10-11H,7-9H2,1H3,(H,15,16);1H4/t11-;/m0./s1. The van der Waals surface area contributed by atoms with E-state index in [1.165, 1.54) is 17.0 Å². The van der Waals surface area contributed by atoms with E-state index in [0.29, 0.717) is 6.04 Å². The number of rotatable bonds is 2. The quantitative estimate of drug-likeness (QED) is 0.878. The van der Waals surface area contributed by atoms with E-state index in [1.807, 2.05) is 6.33 Å². The Bertz CT molecular complexity index is 489. The van der Waals surface area contributed by atoms with Gasteiger partial charge < -0.3 is 4.98 Å². The lowest BCUT2D eigenvalue weighted by Gasteiger charge is -2.32. The molecule has 0 aliphatic carbocycles. The van der Waals surface area contributed by atoms with Crippen LogP contribution in [-0.2, 0) is 13.0 Å². The van der Waals surface area contributed by atoms with E-state index in [9.17, 15) is 0 Å². The van der Waals surface area contributed by atoms with E-state index in [-0.39, 0.29) is 7.43 Å². The highest BCUT2D eigenvalue weighted by Crippen LogP contribution is 2.27. The van der Waals surface area contributed by atoms with Gasteiger partial charge in [-0.2, -0.15) is 0 Å². The molecular weight excluding hydrogens is 222 g/mol. The molecule has 3 rings (SSSR count). The zero-order valence-corrected chi connectivity index (χ0v) is 10.1. The van der Waals surface area contributed by atoms with E-state index >= 15 is 0 Å². The van der Waals surface area contributed by atoms with Gasteiger partial charge in [0.1, 0.15) is 0 Å². The molecule has 3 heteroatoms. The van der Waals surface area contributed by atoms with Gasteiger partial charge in [0.2, 0.25) is 0 Å². The van der Waals surface area contributed by atoms with Gasteiger partial charge in [-0.15, -0.1) is 0 Å². The summed E-state index contributed by atoms with van der Waals surface area (Å²) in [5, 5.41) is 0.